The summed E-state index contributed by atoms with van der Waals surface area (Å²) in [5, 5.41) is 6.37. The van der Waals surface area contributed by atoms with E-state index in [0.29, 0.717) is 24.3 Å². The summed E-state index contributed by atoms with van der Waals surface area (Å²) in [6.07, 6.45) is 1.88. The topological polar surface area (TPSA) is 50.4 Å². The Morgan fingerprint density at radius 1 is 1.43 bits per heavy atom. The Morgan fingerprint density at radius 2 is 2.09 bits per heavy atom. The van der Waals surface area contributed by atoms with E-state index in [1.165, 1.54) is 12.1 Å². The van der Waals surface area contributed by atoms with Crippen molar-refractivity contribution in [1.29, 1.82) is 0 Å². The molecule has 0 radical (unpaired) electrons. The highest BCUT2D eigenvalue weighted by molar-refractivity contribution is 6.33. The third-order valence-electron chi connectivity index (χ3n) is 4.23. The number of carbonyl (C=O) groups excluding carboxylic acids is 1. The van der Waals surface area contributed by atoms with Crippen molar-refractivity contribution in [2.45, 2.75) is 19.8 Å². The van der Waals surface area contributed by atoms with Crippen molar-refractivity contribution in [3.8, 4) is 0 Å². The number of piperidine rings is 1. The Bertz CT molecular complexity index is 544. The second kappa shape index (κ2) is 8.83. The number of amides is 1. The predicted octanol–water partition coefficient (Wildman–Crippen LogP) is 2.96. The maximum Gasteiger partial charge on any atom is 0.252 e. The van der Waals surface area contributed by atoms with E-state index in [4.69, 9.17) is 16.3 Å². The lowest BCUT2D eigenvalue weighted by molar-refractivity contribution is 0.0512. The molecule has 7 heteroatoms. The minimum absolute atomic E-state index is 0. The number of benzene rings is 1. The molecule has 0 bridgehead atoms. The number of hydrogen-bond acceptors (Lipinski definition) is 3. The van der Waals surface area contributed by atoms with Gasteiger partial charge in [0.1, 0.15) is 5.82 Å². The highest BCUT2D eigenvalue weighted by atomic mass is 35.5. The van der Waals surface area contributed by atoms with E-state index in [1.807, 2.05) is 0 Å². The van der Waals surface area contributed by atoms with E-state index in [0.717, 1.165) is 25.9 Å². The SMILES string of the molecule is COCC1(CNC(=O)c2cc(C)c(F)cc2Cl)CCNCC1.Cl. The summed E-state index contributed by atoms with van der Waals surface area (Å²) in [6.45, 7) is 4.56. The maximum absolute atomic E-state index is 13.4. The van der Waals surface area contributed by atoms with E-state index in [2.05, 4.69) is 10.6 Å². The van der Waals surface area contributed by atoms with Crippen LogP contribution in [0.15, 0.2) is 12.1 Å². The molecule has 130 valence electrons. The smallest absolute Gasteiger partial charge is 0.252 e. The molecule has 4 nitrogen and oxygen atoms in total. The normalized spacial score (nSPS) is 16.5. The van der Waals surface area contributed by atoms with Crippen molar-refractivity contribution in [3.63, 3.8) is 0 Å². The molecule has 1 fully saturated rings. The number of rotatable bonds is 5. The molecule has 1 amide bonds. The van der Waals surface area contributed by atoms with Gasteiger partial charge in [-0.1, -0.05) is 11.6 Å². The fourth-order valence-electron chi connectivity index (χ4n) is 2.83. The molecule has 1 heterocycles. The van der Waals surface area contributed by atoms with Gasteiger partial charge in [-0.2, -0.15) is 0 Å². The first-order chi connectivity index (χ1) is 10.5. The molecule has 1 aliphatic rings. The first-order valence-corrected chi connectivity index (χ1v) is 7.79. The highest BCUT2D eigenvalue weighted by Crippen LogP contribution is 2.28. The Labute approximate surface area is 147 Å². The molecule has 0 spiro atoms. The number of carbonyl (C=O) groups is 1. The summed E-state index contributed by atoms with van der Waals surface area (Å²) in [6, 6.07) is 2.67. The Morgan fingerprint density at radius 3 is 2.70 bits per heavy atom. The summed E-state index contributed by atoms with van der Waals surface area (Å²) >= 11 is 5.98. The predicted molar refractivity (Wildman–Crippen MR) is 92.1 cm³/mol. The van der Waals surface area contributed by atoms with Crippen molar-refractivity contribution in [2.24, 2.45) is 5.41 Å². The quantitative estimate of drug-likeness (QED) is 0.844. The number of halogens is 3. The molecule has 2 rings (SSSR count). The largest absolute Gasteiger partial charge is 0.384 e. The zero-order valence-electron chi connectivity index (χ0n) is 13.4. The van der Waals surface area contributed by atoms with Crippen LogP contribution in [0.25, 0.3) is 0 Å². The van der Waals surface area contributed by atoms with Crippen LogP contribution in [0.1, 0.15) is 28.8 Å². The van der Waals surface area contributed by atoms with Crippen LogP contribution in [0.5, 0.6) is 0 Å². The van der Waals surface area contributed by atoms with Gasteiger partial charge in [0.2, 0.25) is 0 Å². The first kappa shape index (κ1) is 20.2. The van der Waals surface area contributed by atoms with Crippen LogP contribution in [-0.2, 0) is 4.74 Å². The van der Waals surface area contributed by atoms with E-state index >= 15 is 0 Å². The molecule has 0 aromatic heterocycles. The average molecular weight is 365 g/mol. The van der Waals surface area contributed by atoms with Gasteiger partial charge < -0.3 is 15.4 Å². The summed E-state index contributed by atoms with van der Waals surface area (Å²) in [5.74, 6) is -0.683. The second-order valence-electron chi connectivity index (χ2n) is 5.95. The highest BCUT2D eigenvalue weighted by Gasteiger charge is 2.32. The number of aryl methyl sites for hydroxylation is 1. The minimum atomic E-state index is -0.407. The fourth-order valence-corrected chi connectivity index (χ4v) is 3.07. The molecule has 23 heavy (non-hydrogen) atoms. The van der Waals surface area contributed by atoms with Crippen LogP contribution in [0.2, 0.25) is 5.02 Å². The van der Waals surface area contributed by atoms with Gasteiger partial charge in [-0.3, -0.25) is 4.79 Å². The third kappa shape index (κ3) is 5.05. The van der Waals surface area contributed by atoms with Gasteiger partial charge in [0, 0.05) is 19.1 Å². The van der Waals surface area contributed by atoms with Gasteiger partial charge in [0.15, 0.2) is 0 Å². The Hall–Kier alpha value is -0.880. The van der Waals surface area contributed by atoms with Gasteiger partial charge in [0.25, 0.3) is 5.91 Å². The van der Waals surface area contributed by atoms with Crippen molar-refractivity contribution in [2.75, 3.05) is 33.4 Å². The standard InChI is InChI=1S/C16H22ClFN2O2.ClH/c1-11-7-12(13(17)8-14(11)18)15(21)20-9-16(10-22-2)3-5-19-6-4-16;/h7-8,19H,3-6,9-10H2,1-2H3,(H,20,21);1H. The molecular formula is C16H23Cl2FN2O2. The lowest BCUT2D eigenvalue weighted by Crippen LogP contribution is -2.47. The second-order valence-corrected chi connectivity index (χ2v) is 6.35. The number of hydrogen-bond donors (Lipinski definition) is 2. The zero-order chi connectivity index (χ0) is 16.2. The van der Waals surface area contributed by atoms with Crippen LogP contribution in [0.4, 0.5) is 4.39 Å². The van der Waals surface area contributed by atoms with Gasteiger partial charge >= 0.3 is 0 Å². The summed E-state index contributed by atoms with van der Waals surface area (Å²) in [5.41, 5.74) is 0.655. The van der Waals surface area contributed by atoms with E-state index < -0.39 is 5.82 Å². The van der Waals surface area contributed by atoms with Crippen LogP contribution in [0.3, 0.4) is 0 Å². The van der Waals surface area contributed by atoms with Gasteiger partial charge in [-0.25, -0.2) is 4.39 Å². The van der Waals surface area contributed by atoms with Gasteiger partial charge in [-0.15, -0.1) is 12.4 Å². The zero-order valence-corrected chi connectivity index (χ0v) is 15.0. The number of nitrogens with one attached hydrogen (secondary N) is 2. The molecule has 0 unspecified atom stereocenters. The molecule has 1 aromatic carbocycles. The van der Waals surface area contributed by atoms with Crippen LogP contribution in [-0.4, -0.2) is 39.3 Å². The maximum atomic E-state index is 13.4. The minimum Gasteiger partial charge on any atom is -0.384 e. The average Bonchev–Trinajstić information content (AvgIpc) is 2.50. The molecule has 1 aliphatic heterocycles. The molecule has 0 atom stereocenters. The van der Waals surface area contributed by atoms with Crippen LogP contribution < -0.4 is 10.6 Å². The monoisotopic (exact) mass is 364 g/mol. The number of methoxy groups -OCH3 is 1. The molecular weight excluding hydrogens is 342 g/mol. The van der Waals surface area contributed by atoms with Crippen molar-refractivity contribution < 1.29 is 13.9 Å². The molecule has 2 N–H and O–H groups in total. The molecule has 1 saturated heterocycles. The Balaban J connectivity index is 0.00000264. The first-order valence-electron chi connectivity index (χ1n) is 7.41. The molecule has 1 aromatic rings. The van der Waals surface area contributed by atoms with Crippen molar-refractivity contribution in [3.05, 3.63) is 34.1 Å². The van der Waals surface area contributed by atoms with Crippen molar-refractivity contribution >= 4 is 29.9 Å². The van der Waals surface area contributed by atoms with Crippen molar-refractivity contribution in [1.82, 2.24) is 10.6 Å². The van der Waals surface area contributed by atoms with Gasteiger partial charge in [-0.05, 0) is 50.6 Å². The molecule has 0 aliphatic carbocycles. The van der Waals surface area contributed by atoms with Gasteiger partial charge in [0.05, 0.1) is 17.2 Å². The van der Waals surface area contributed by atoms with E-state index in [9.17, 15) is 9.18 Å². The van der Waals surface area contributed by atoms with E-state index in [1.54, 1.807) is 14.0 Å². The van der Waals surface area contributed by atoms with Crippen LogP contribution in [0, 0.1) is 18.2 Å². The third-order valence-corrected chi connectivity index (χ3v) is 4.54. The molecule has 0 saturated carbocycles. The summed E-state index contributed by atoms with van der Waals surface area (Å²) in [7, 11) is 1.67. The van der Waals surface area contributed by atoms with E-state index in [-0.39, 0.29) is 28.8 Å². The van der Waals surface area contributed by atoms with Crippen LogP contribution >= 0.6 is 24.0 Å². The Kier molecular flexibility index (Phi) is 7.74. The summed E-state index contributed by atoms with van der Waals surface area (Å²) < 4.78 is 18.7. The lowest BCUT2D eigenvalue weighted by atomic mass is 9.79. The lowest BCUT2D eigenvalue weighted by Gasteiger charge is -2.37. The summed E-state index contributed by atoms with van der Waals surface area (Å²) in [4.78, 5) is 12.3. The fraction of sp³-hybridized carbons (Fsp3) is 0.562. The number of ether oxygens (including phenoxy) is 1.